The second-order valence-corrected chi connectivity index (χ2v) is 5.74. The van der Waals surface area contributed by atoms with Crippen LogP contribution in [0.15, 0.2) is 59.0 Å². The number of nitriles is 1. The SMILES string of the molecule is N#Cc1cccc(C=NNc2nc(-c3ccccc3)cs2)c1[N+](=O)[O-]. The van der Waals surface area contributed by atoms with Crippen molar-refractivity contribution in [2.45, 2.75) is 0 Å². The van der Waals surface area contributed by atoms with Crippen molar-refractivity contribution in [1.29, 1.82) is 5.26 Å². The number of aromatic nitrogens is 1. The van der Waals surface area contributed by atoms with Gasteiger partial charge in [0.1, 0.15) is 11.6 Å². The standard InChI is InChI=1S/C17H11N5O2S/c18-9-13-7-4-8-14(16(13)22(23)24)10-19-21-17-20-15(11-25-17)12-5-2-1-3-6-12/h1-8,10-11H,(H,20,21). The van der Waals surface area contributed by atoms with Gasteiger partial charge in [-0.1, -0.05) is 36.4 Å². The number of hydrazone groups is 1. The van der Waals surface area contributed by atoms with Crippen molar-refractivity contribution in [3.63, 3.8) is 0 Å². The molecule has 25 heavy (non-hydrogen) atoms. The highest BCUT2D eigenvalue weighted by Crippen LogP contribution is 2.25. The Bertz CT molecular complexity index is 976. The highest BCUT2D eigenvalue weighted by atomic mass is 32.1. The molecule has 0 aliphatic carbocycles. The summed E-state index contributed by atoms with van der Waals surface area (Å²) in [5.41, 5.74) is 4.55. The molecule has 0 unspecified atom stereocenters. The first-order chi connectivity index (χ1) is 12.2. The molecular weight excluding hydrogens is 338 g/mol. The van der Waals surface area contributed by atoms with Crippen LogP contribution >= 0.6 is 11.3 Å². The maximum absolute atomic E-state index is 11.2. The summed E-state index contributed by atoms with van der Waals surface area (Å²) in [6.07, 6.45) is 1.31. The van der Waals surface area contributed by atoms with E-state index in [4.69, 9.17) is 5.26 Å². The van der Waals surface area contributed by atoms with E-state index in [2.05, 4.69) is 15.5 Å². The number of benzene rings is 2. The largest absolute Gasteiger partial charge is 0.295 e. The maximum Gasteiger partial charge on any atom is 0.295 e. The molecule has 122 valence electrons. The van der Waals surface area contributed by atoms with Gasteiger partial charge in [-0.25, -0.2) is 4.98 Å². The van der Waals surface area contributed by atoms with Gasteiger partial charge in [0.05, 0.1) is 22.4 Å². The zero-order valence-electron chi connectivity index (χ0n) is 12.8. The van der Waals surface area contributed by atoms with Gasteiger partial charge < -0.3 is 0 Å². The predicted molar refractivity (Wildman–Crippen MR) is 96.6 cm³/mol. The van der Waals surface area contributed by atoms with Crippen LogP contribution in [0.4, 0.5) is 10.8 Å². The summed E-state index contributed by atoms with van der Waals surface area (Å²) in [6, 6.07) is 16.0. The van der Waals surface area contributed by atoms with Crippen LogP contribution in [-0.4, -0.2) is 16.1 Å². The number of nitrogens with one attached hydrogen (secondary N) is 1. The van der Waals surface area contributed by atoms with Crippen molar-refractivity contribution < 1.29 is 4.92 Å². The van der Waals surface area contributed by atoms with E-state index in [1.807, 2.05) is 41.8 Å². The Morgan fingerprint density at radius 1 is 1.24 bits per heavy atom. The summed E-state index contributed by atoms with van der Waals surface area (Å²) in [4.78, 5) is 15.0. The summed E-state index contributed by atoms with van der Waals surface area (Å²) >= 11 is 1.38. The van der Waals surface area contributed by atoms with Crippen LogP contribution in [0.1, 0.15) is 11.1 Å². The van der Waals surface area contributed by atoms with Gasteiger partial charge in [0.15, 0.2) is 0 Å². The Morgan fingerprint density at radius 2 is 2.04 bits per heavy atom. The van der Waals surface area contributed by atoms with Crippen LogP contribution in [0.3, 0.4) is 0 Å². The second kappa shape index (κ2) is 7.33. The molecule has 1 aromatic heterocycles. The number of para-hydroxylation sites is 1. The molecule has 0 amide bonds. The molecular formula is C17H11N5O2S. The molecule has 0 saturated heterocycles. The highest BCUT2D eigenvalue weighted by Gasteiger charge is 2.18. The maximum atomic E-state index is 11.2. The van der Waals surface area contributed by atoms with E-state index in [0.29, 0.717) is 5.13 Å². The van der Waals surface area contributed by atoms with Crippen molar-refractivity contribution in [1.82, 2.24) is 4.98 Å². The van der Waals surface area contributed by atoms with Gasteiger partial charge in [0, 0.05) is 10.9 Å². The number of nitrogens with zero attached hydrogens (tertiary/aromatic N) is 4. The number of hydrogen-bond acceptors (Lipinski definition) is 7. The number of anilines is 1. The van der Waals surface area contributed by atoms with E-state index in [-0.39, 0.29) is 16.8 Å². The molecule has 0 spiro atoms. The van der Waals surface area contributed by atoms with Crippen LogP contribution in [-0.2, 0) is 0 Å². The molecule has 1 heterocycles. The highest BCUT2D eigenvalue weighted by molar-refractivity contribution is 7.14. The average Bonchev–Trinajstić information content (AvgIpc) is 3.11. The molecule has 0 bridgehead atoms. The summed E-state index contributed by atoms with van der Waals surface area (Å²) < 4.78 is 0. The van der Waals surface area contributed by atoms with Crippen LogP contribution in [0, 0.1) is 21.4 Å². The smallest absolute Gasteiger partial charge is 0.258 e. The molecule has 0 aliphatic heterocycles. The molecule has 3 rings (SSSR count). The molecule has 8 heteroatoms. The Kier molecular flexibility index (Phi) is 4.78. The number of hydrogen-bond donors (Lipinski definition) is 1. The topological polar surface area (TPSA) is 104 Å². The third-order valence-corrected chi connectivity index (χ3v) is 4.05. The first kappa shape index (κ1) is 16.3. The number of nitro benzene ring substituents is 1. The fourth-order valence-corrected chi connectivity index (χ4v) is 2.85. The molecule has 7 nitrogen and oxygen atoms in total. The Morgan fingerprint density at radius 3 is 2.76 bits per heavy atom. The lowest BCUT2D eigenvalue weighted by atomic mass is 10.1. The minimum Gasteiger partial charge on any atom is -0.258 e. The minimum atomic E-state index is -0.587. The van der Waals surface area contributed by atoms with Gasteiger partial charge in [-0.15, -0.1) is 11.3 Å². The Hall–Kier alpha value is -3.57. The number of thiazole rings is 1. The summed E-state index contributed by atoms with van der Waals surface area (Å²) in [5, 5.41) is 26.6. The second-order valence-electron chi connectivity index (χ2n) is 4.89. The van der Waals surface area contributed by atoms with Crippen LogP contribution in [0.5, 0.6) is 0 Å². The molecule has 1 N–H and O–H groups in total. The van der Waals surface area contributed by atoms with E-state index >= 15 is 0 Å². The molecule has 3 aromatic rings. The van der Waals surface area contributed by atoms with Crippen LogP contribution in [0.25, 0.3) is 11.3 Å². The van der Waals surface area contributed by atoms with E-state index in [9.17, 15) is 10.1 Å². The van der Waals surface area contributed by atoms with E-state index in [0.717, 1.165) is 11.3 Å². The lowest BCUT2D eigenvalue weighted by Crippen LogP contribution is -1.99. The van der Waals surface area contributed by atoms with Crippen molar-refractivity contribution in [2.75, 3.05) is 5.43 Å². The third kappa shape index (κ3) is 3.68. The predicted octanol–water partition coefficient (Wildman–Crippen LogP) is 4.04. The zero-order valence-corrected chi connectivity index (χ0v) is 13.6. The minimum absolute atomic E-state index is 0.00503. The van der Waals surface area contributed by atoms with Crippen molar-refractivity contribution in [3.05, 3.63) is 75.2 Å². The monoisotopic (exact) mass is 349 g/mol. The molecule has 0 aliphatic rings. The fraction of sp³-hybridized carbons (Fsp3) is 0. The van der Waals surface area contributed by atoms with Gasteiger partial charge in [0.25, 0.3) is 5.69 Å². The van der Waals surface area contributed by atoms with E-state index in [1.54, 1.807) is 6.07 Å². The lowest BCUT2D eigenvalue weighted by Gasteiger charge is -1.99. The first-order valence-electron chi connectivity index (χ1n) is 7.16. The third-order valence-electron chi connectivity index (χ3n) is 3.31. The lowest BCUT2D eigenvalue weighted by molar-refractivity contribution is -0.385. The van der Waals surface area contributed by atoms with Gasteiger partial charge in [-0.2, -0.15) is 10.4 Å². The average molecular weight is 349 g/mol. The Balaban J connectivity index is 1.78. The van der Waals surface area contributed by atoms with Gasteiger partial charge in [-0.05, 0) is 12.1 Å². The molecule has 0 fully saturated rings. The summed E-state index contributed by atoms with van der Waals surface area (Å²) in [6.45, 7) is 0. The van der Waals surface area contributed by atoms with E-state index < -0.39 is 4.92 Å². The van der Waals surface area contributed by atoms with Crippen LogP contribution < -0.4 is 5.43 Å². The van der Waals surface area contributed by atoms with Crippen molar-refractivity contribution in [2.24, 2.45) is 5.10 Å². The zero-order chi connectivity index (χ0) is 17.6. The first-order valence-corrected chi connectivity index (χ1v) is 8.04. The van der Waals surface area contributed by atoms with Gasteiger partial charge in [0.2, 0.25) is 5.13 Å². The molecule has 2 aromatic carbocycles. The van der Waals surface area contributed by atoms with Gasteiger partial charge in [-0.3, -0.25) is 15.5 Å². The number of rotatable bonds is 5. The van der Waals surface area contributed by atoms with Gasteiger partial charge >= 0.3 is 0 Å². The number of nitro groups is 1. The normalized spacial score (nSPS) is 10.5. The van der Waals surface area contributed by atoms with Crippen molar-refractivity contribution >= 4 is 28.4 Å². The summed E-state index contributed by atoms with van der Waals surface area (Å²) in [7, 11) is 0. The van der Waals surface area contributed by atoms with E-state index in [1.165, 1.54) is 29.7 Å². The van der Waals surface area contributed by atoms with Crippen molar-refractivity contribution in [3.8, 4) is 17.3 Å². The summed E-state index contributed by atoms with van der Waals surface area (Å²) in [5.74, 6) is 0. The van der Waals surface area contributed by atoms with Crippen LogP contribution in [0.2, 0.25) is 0 Å². The molecule has 0 saturated carbocycles. The quantitative estimate of drug-likeness (QED) is 0.425. The molecule has 0 atom stereocenters. The Labute approximate surface area is 147 Å². The molecule has 0 radical (unpaired) electrons. The fourth-order valence-electron chi connectivity index (χ4n) is 2.18.